The van der Waals surface area contributed by atoms with Crippen molar-refractivity contribution >= 4 is 11.3 Å². The first-order valence-corrected chi connectivity index (χ1v) is 6.34. The average molecular weight is 209 g/mol. The number of nitrogens with two attached hydrogens (primary N) is 1. The van der Waals surface area contributed by atoms with Gasteiger partial charge in [0, 0.05) is 4.88 Å². The van der Waals surface area contributed by atoms with E-state index in [1.54, 1.807) is 0 Å². The maximum Gasteiger partial charge on any atom is 0.0529 e. The summed E-state index contributed by atoms with van der Waals surface area (Å²) in [4.78, 5) is 1.37. The Balaban J connectivity index is 2.23. The molecule has 1 aliphatic carbocycles. The highest BCUT2D eigenvalue weighted by atomic mass is 32.1. The molecule has 0 spiro atoms. The van der Waals surface area contributed by atoms with Gasteiger partial charge in [0.1, 0.15) is 0 Å². The largest absolute Gasteiger partial charge is 0.321 e. The van der Waals surface area contributed by atoms with Crippen LogP contribution in [0.4, 0.5) is 0 Å². The van der Waals surface area contributed by atoms with Crippen molar-refractivity contribution in [3.63, 3.8) is 0 Å². The molecule has 1 aromatic heterocycles. The highest BCUT2D eigenvalue weighted by Crippen LogP contribution is 2.43. The number of thiophene rings is 1. The monoisotopic (exact) mass is 209 g/mol. The second kappa shape index (κ2) is 3.67. The van der Waals surface area contributed by atoms with Crippen molar-refractivity contribution in [2.24, 2.45) is 17.6 Å². The lowest BCUT2D eigenvalue weighted by Gasteiger charge is -2.41. The Labute approximate surface area is 90.3 Å². The van der Waals surface area contributed by atoms with Gasteiger partial charge in [-0.05, 0) is 42.5 Å². The Morgan fingerprint density at radius 1 is 1.50 bits per heavy atom. The average Bonchev–Trinajstić information content (AvgIpc) is 2.65. The van der Waals surface area contributed by atoms with Gasteiger partial charge in [-0.15, -0.1) is 11.3 Å². The Hall–Kier alpha value is -0.340. The molecule has 0 bridgehead atoms. The molecule has 0 aliphatic heterocycles. The quantitative estimate of drug-likeness (QED) is 0.754. The molecule has 0 radical (unpaired) electrons. The minimum absolute atomic E-state index is 0.0410. The van der Waals surface area contributed by atoms with Gasteiger partial charge in [0.05, 0.1) is 5.54 Å². The van der Waals surface area contributed by atoms with E-state index in [4.69, 9.17) is 5.73 Å². The molecule has 1 nitrogen and oxygen atoms in total. The van der Waals surface area contributed by atoms with E-state index in [-0.39, 0.29) is 5.54 Å². The molecule has 14 heavy (non-hydrogen) atoms. The lowest BCUT2D eigenvalue weighted by Crippen LogP contribution is -2.45. The lowest BCUT2D eigenvalue weighted by molar-refractivity contribution is 0.168. The lowest BCUT2D eigenvalue weighted by atomic mass is 9.70. The Bertz CT molecular complexity index is 293. The predicted molar refractivity (Wildman–Crippen MR) is 62.4 cm³/mol. The van der Waals surface area contributed by atoms with Gasteiger partial charge in [-0.2, -0.15) is 0 Å². The van der Waals surface area contributed by atoms with Crippen LogP contribution in [0.2, 0.25) is 0 Å². The van der Waals surface area contributed by atoms with Crippen LogP contribution in [0.25, 0.3) is 0 Å². The summed E-state index contributed by atoms with van der Waals surface area (Å²) >= 11 is 1.81. The first-order chi connectivity index (χ1) is 6.63. The van der Waals surface area contributed by atoms with E-state index in [2.05, 4.69) is 31.4 Å². The number of hydrogen-bond donors (Lipinski definition) is 1. The maximum atomic E-state index is 6.54. The zero-order chi connectivity index (χ0) is 10.2. The second-order valence-electron chi connectivity index (χ2n) is 4.80. The summed E-state index contributed by atoms with van der Waals surface area (Å²) in [5, 5.41) is 2.13. The van der Waals surface area contributed by atoms with Crippen LogP contribution in [0.5, 0.6) is 0 Å². The summed E-state index contributed by atoms with van der Waals surface area (Å²) in [6.45, 7) is 4.64. The van der Waals surface area contributed by atoms with Crippen molar-refractivity contribution in [1.82, 2.24) is 0 Å². The van der Waals surface area contributed by atoms with E-state index in [0.29, 0.717) is 5.92 Å². The molecular formula is C12H19NS. The minimum Gasteiger partial charge on any atom is -0.321 e. The van der Waals surface area contributed by atoms with Crippen molar-refractivity contribution in [3.8, 4) is 0 Å². The Kier molecular flexibility index (Phi) is 2.67. The second-order valence-corrected chi connectivity index (χ2v) is 5.75. The van der Waals surface area contributed by atoms with Gasteiger partial charge in [-0.1, -0.05) is 19.9 Å². The molecule has 1 saturated carbocycles. The van der Waals surface area contributed by atoms with E-state index in [9.17, 15) is 0 Å². The molecule has 1 heterocycles. The third kappa shape index (κ3) is 1.61. The van der Waals surface area contributed by atoms with Crippen molar-refractivity contribution in [2.75, 3.05) is 0 Å². The first kappa shape index (κ1) is 10.2. The fourth-order valence-corrected chi connectivity index (χ4v) is 3.56. The van der Waals surface area contributed by atoms with Crippen LogP contribution in [0.3, 0.4) is 0 Å². The summed E-state index contributed by atoms with van der Waals surface area (Å²) in [5.74, 6) is 1.46. The zero-order valence-electron chi connectivity index (χ0n) is 8.99. The van der Waals surface area contributed by atoms with Gasteiger partial charge in [0.15, 0.2) is 0 Å². The Morgan fingerprint density at radius 2 is 2.29 bits per heavy atom. The molecule has 0 saturated heterocycles. The van der Waals surface area contributed by atoms with E-state index in [1.165, 1.54) is 17.7 Å². The summed E-state index contributed by atoms with van der Waals surface area (Å²) in [7, 11) is 0. The van der Waals surface area contributed by atoms with Crippen LogP contribution >= 0.6 is 11.3 Å². The van der Waals surface area contributed by atoms with Gasteiger partial charge in [-0.25, -0.2) is 0 Å². The first-order valence-electron chi connectivity index (χ1n) is 5.46. The third-order valence-corrected chi connectivity index (χ3v) is 4.73. The smallest absolute Gasteiger partial charge is 0.0529 e. The van der Waals surface area contributed by atoms with Gasteiger partial charge in [0.2, 0.25) is 0 Å². The van der Waals surface area contributed by atoms with Crippen molar-refractivity contribution < 1.29 is 0 Å². The van der Waals surface area contributed by atoms with Gasteiger partial charge >= 0.3 is 0 Å². The number of rotatable bonds is 1. The maximum absolute atomic E-state index is 6.54. The molecule has 1 aliphatic rings. The van der Waals surface area contributed by atoms with Crippen molar-refractivity contribution in [1.29, 1.82) is 0 Å². The molecule has 3 unspecified atom stereocenters. The van der Waals surface area contributed by atoms with Crippen molar-refractivity contribution in [3.05, 3.63) is 22.4 Å². The van der Waals surface area contributed by atoms with Crippen LogP contribution in [-0.4, -0.2) is 0 Å². The van der Waals surface area contributed by atoms with Crippen LogP contribution in [0.1, 0.15) is 38.0 Å². The van der Waals surface area contributed by atoms with Gasteiger partial charge in [-0.3, -0.25) is 0 Å². The van der Waals surface area contributed by atoms with E-state index >= 15 is 0 Å². The summed E-state index contributed by atoms with van der Waals surface area (Å²) in [5.41, 5.74) is 6.50. The fraction of sp³-hybridized carbons (Fsp3) is 0.667. The standard InChI is InChI=1S/C12H19NS/c1-9-5-6-12(13,10(2)8-9)11-4-3-7-14-11/h3-4,7,9-10H,5-6,8,13H2,1-2H3. The van der Waals surface area contributed by atoms with Crippen LogP contribution in [-0.2, 0) is 5.54 Å². The molecule has 1 aromatic rings. The third-order valence-electron chi connectivity index (χ3n) is 3.67. The molecule has 0 aromatic carbocycles. The Morgan fingerprint density at radius 3 is 2.86 bits per heavy atom. The topological polar surface area (TPSA) is 26.0 Å². The van der Waals surface area contributed by atoms with E-state index < -0.39 is 0 Å². The molecule has 2 heteroatoms. The SMILES string of the molecule is CC1CCC(N)(c2cccs2)C(C)C1. The van der Waals surface area contributed by atoms with Gasteiger partial charge in [0.25, 0.3) is 0 Å². The van der Waals surface area contributed by atoms with Crippen LogP contribution in [0.15, 0.2) is 17.5 Å². The zero-order valence-corrected chi connectivity index (χ0v) is 9.81. The van der Waals surface area contributed by atoms with Gasteiger partial charge < -0.3 is 5.73 Å². The fourth-order valence-electron chi connectivity index (χ4n) is 2.57. The van der Waals surface area contributed by atoms with Crippen LogP contribution < -0.4 is 5.73 Å². The molecule has 1 fully saturated rings. The summed E-state index contributed by atoms with van der Waals surface area (Å²) < 4.78 is 0. The molecular weight excluding hydrogens is 190 g/mol. The summed E-state index contributed by atoms with van der Waals surface area (Å²) in [6.07, 6.45) is 3.70. The molecule has 78 valence electrons. The predicted octanol–water partition coefficient (Wildman–Crippen LogP) is 3.36. The summed E-state index contributed by atoms with van der Waals surface area (Å²) in [6, 6.07) is 4.30. The molecule has 2 N–H and O–H groups in total. The van der Waals surface area contributed by atoms with E-state index in [0.717, 1.165) is 12.3 Å². The van der Waals surface area contributed by atoms with Crippen molar-refractivity contribution in [2.45, 2.75) is 38.6 Å². The molecule has 3 atom stereocenters. The highest BCUT2D eigenvalue weighted by Gasteiger charge is 2.38. The van der Waals surface area contributed by atoms with Crippen LogP contribution in [0, 0.1) is 11.8 Å². The molecule has 0 amide bonds. The molecule has 2 rings (SSSR count). The van der Waals surface area contributed by atoms with E-state index in [1.807, 2.05) is 11.3 Å². The normalized spacial score (nSPS) is 38.5. The number of hydrogen-bond acceptors (Lipinski definition) is 2. The highest BCUT2D eigenvalue weighted by molar-refractivity contribution is 7.10. The minimum atomic E-state index is -0.0410.